The number of ether oxygens (including phenoxy) is 1. The second-order valence-corrected chi connectivity index (χ2v) is 5.40. The first kappa shape index (κ1) is 14.8. The monoisotopic (exact) mass is 298 g/mol. The number of anilines is 3. The molecular formula is C17H22N4O. The summed E-state index contributed by atoms with van der Waals surface area (Å²) in [6, 6.07) is 10.4. The summed E-state index contributed by atoms with van der Waals surface area (Å²) in [5.41, 5.74) is 2.36. The molecule has 5 heteroatoms. The molecule has 0 bridgehead atoms. The molecule has 2 heterocycles. The summed E-state index contributed by atoms with van der Waals surface area (Å²) in [6.45, 7) is 8.33. The first-order valence-electron chi connectivity index (χ1n) is 7.78. The zero-order chi connectivity index (χ0) is 15.4. The standard InChI is InChI=1S/C17H22N4O/c1-3-21(15-6-4-5-14(2)13-15)17-18-8-7-16(19-17)20-9-11-22-12-10-20/h4-8,13H,3,9-12H2,1-2H3. The third kappa shape index (κ3) is 3.20. The molecule has 0 amide bonds. The van der Waals surface area contributed by atoms with Gasteiger partial charge in [-0.15, -0.1) is 0 Å². The summed E-state index contributed by atoms with van der Waals surface area (Å²) in [5.74, 6) is 1.72. The number of morpholine rings is 1. The van der Waals surface area contributed by atoms with E-state index in [1.807, 2.05) is 12.3 Å². The van der Waals surface area contributed by atoms with Crippen LogP contribution in [0.25, 0.3) is 0 Å². The molecule has 0 saturated carbocycles. The van der Waals surface area contributed by atoms with E-state index in [0.717, 1.165) is 50.3 Å². The van der Waals surface area contributed by atoms with Gasteiger partial charge >= 0.3 is 0 Å². The molecule has 1 saturated heterocycles. The molecule has 1 fully saturated rings. The van der Waals surface area contributed by atoms with Gasteiger partial charge in [-0.05, 0) is 37.6 Å². The number of aryl methyl sites for hydroxylation is 1. The Hall–Kier alpha value is -2.14. The highest BCUT2D eigenvalue weighted by molar-refractivity contribution is 5.59. The van der Waals surface area contributed by atoms with Gasteiger partial charge in [-0.2, -0.15) is 4.98 Å². The summed E-state index contributed by atoms with van der Waals surface area (Å²) >= 11 is 0. The predicted octanol–water partition coefficient (Wildman–Crippen LogP) is 2.78. The van der Waals surface area contributed by atoms with E-state index in [0.29, 0.717) is 0 Å². The largest absolute Gasteiger partial charge is 0.378 e. The topological polar surface area (TPSA) is 41.5 Å². The van der Waals surface area contributed by atoms with E-state index >= 15 is 0 Å². The molecule has 0 unspecified atom stereocenters. The highest BCUT2D eigenvalue weighted by Crippen LogP contribution is 2.24. The summed E-state index contributed by atoms with van der Waals surface area (Å²) in [7, 11) is 0. The molecule has 0 atom stereocenters. The smallest absolute Gasteiger partial charge is 0.231 e. The Morgan fingerprint density at radius 2 is 2.05 bits per heavy atom. The van der Waals surface area contributed by atoms with Crippen molar-refractivity contribution in [1.29, 1.82) is 0 Å². The van der Waals surface area contributed by atoms with Crippen LogP contribution in [0.15, 0.2) is 36.5 Å². The van der Waals surface area contributed by atoms with Crippen LogP contribution in [0.2, 0.25) is 0 Å². The highest BCUT2D eigenvalue weighted by Gasteiger charge is 2.16. The average molecular weight is 298 g/mol. The minimum atomic E-state index is 0.747. The lowest BCUT2D eigenvalue weighted by Gasteiger charge is -2.29. The minimum absolute atomic E-state index is 0.747. The maximum absolute atomic E-state index is 5.41. The molecule has 22 heavy (non-hydrogen) atoms. The molecule has 116 valence electrons. The van der Waals surface area contributed by atoms with Crippen LogP contribution in [0.1, 0.15) is 12.5 Å². The van der Waals surface area contributed by atoms with E-state index in [1.165, 1.54) is 5.56 Å². The van der Waals surface area contributed by atoms with Crippen molar-refractivity contribution in [1.82, 2.24) is 9.97 Å². The number of rotatable bonds is 4. The molecule has 0 radical (unpaired) electrons. The second kappa shape index (κ2) is 6.75. The number of benzene rings is 1. The number of aromatic nitrogens is 2. The lowest BCUT2D eigenvalue weighted by Crippen LogP contribution is -2.37. The third-order valence-corrected chi connectivity index (χ3v) is 3.83. The Morgan fingerprint density at radius 3 is 2.77 bits per heavy atom. The molecule has 2 aromatic rings. The van der Waals surface area contributed by atoms with Crippen LogP contribution in [-0.2, 0) is 4.74 Å². The van der Waals surface area contributed by atoms with Crippen molar-refractivity contribution >= 4 is 17.5 Å². The SMILES string of the molecule is CCN(c1cccc(C)c1)c1nccc(N2CCOCC2)n1. The van der Waals surface area contributed by atoms with Crippen LogP contribution in [0.4, 0.5) is 17.5 Å². The van der Waals surface area contributed by atoms with Crippen molar-refractivity contribution < 1.29 is 4.74 Å². The van der Waals surface area contributed by atoms with E-state index in [2.05, 4.69) is 52.9 Å². The maximum Gasteiger partial charge on any atom is 0.231 e. The van der Waals surface area contributed by atoms with Crippen molar-refractivity contribution in [3.05, 3.63) is 42.1 Å². The van der Waals surface area contributed by atoms with Crippen LogP contribution in [0.3, 0.4) is 0 Å². The summed E-state index contributed by atoms with van der Waals surface area (Å²) in [4.78, 5) is 13.6. The lowest BCUT2D eigenvalue weighted by molar-refractivity contribution is 0.122. The Labute approximate surface area is 131 Å². The van der Waals surface area contributed by atoms with Gasteiger partial charge in [0.05, 0.1) is 13.2 Å². The van der Waals surface area contributed by atoms with Gasteiger partial charge in [0, 0.05) is 31.5 Å². The number of nitrogens with zero attached hydrogens (tertiary/aromatic N) is 4. The van der Waals surface area contributed by atoms with E-state index < -0.39 is 0 Å². The van der Waals surface area contributed by atoms with Crippen LogP contribution >= 0.6 is 0 Å². The lowest BCUT2D eigenvalue weighted by atomic mass is 10.2. The first-order valence-corrected chi connectivity index (χ1v) is 7.78. The van der Waals surface area contributed by atoms with Crippen molar-refractivity contribution in [2.75, 3.05) is 42.6 Å². The quantitative estimate of drug-likeness (QED) is 0.868. The van der Waals surface area contributed by atoms with Gasteiger partial charge in [-0.1, -0.05) is 12.1 Å². The van der Waals surface area contributed by atoms with Crippen LogP contribution in [0.5, 0.6) is 0 Å². The molecule has 3 rings (SSSR count). The molecule has 5 nitrogen and oxygen atoms in total. The Morgan fingerprint density at radius 1 is 1.23 bits per heavy atom. The normalized spacial score (nSPS) is 14.9. The number of hydrogen-bond acceptors (Lipinski definition) is 5. The summed E-state index contributed by atoms with van der Waals surface area (Å²) in [6.07, 6.45) is 1.84. The van der Waals surface area contributed by atoms with Gasteiger partial charge in [-0.3, -0.25) is 0 Å². The fourth-order valence-corrected chi connectivity index (χ4v) is 2.67. The zero-order valence-corrected chi connectivity index (χ0v) is 13.2. The molecule has 1 aromatic heterocycles. The van der Waals surface area contributed by atoms with Crippen molar-refractivity contribution in [3.63, 3.8) is 0 Å². The molecular weight excluding hydrogens is 276 g/mol. The third-order valence-electron chi connectivity index (χ3n) is 3.83. The van der Waals surface area contributed by atoms with E-state index in [-0.39, 0.29) is 0 Å². The Bertz CT molecular complexity index is 626. The molecule has 1 aliphatic heterocycles. The Balaban J connectivity index is 1.89. The van der Waals surface area contributed by atoms with Gasteiger partial charge < -0.3 is 14.5 Å². The zero-order valence-electron chi connectivity index (χ0n) is 13.2. The van der Waals surface area contributed by atoms with Crippen molar-refractivity contribution in [2.24, 2.45) is 0 Å². The van der Waals surface area contributed by atoms with Crippen molar-refractivity contribution in [3.8, 4) is 0 Å². The van der Waals surface area contributed by atoms with Gasteiger partial charge in [0.15, 0.2) is 0 Å². The van der Waals surface area contributed by atoms with Gasteiger partial charge in [-0.25, -0.2) is 4.98 Å². The van der Waals surface area contributed by atoms with E-state index in [1.54, 1.807) is 0 Å². The van der Waals surface area contributed by atoms with Gasteiger partial charge in [0.2, 0.25) is 5.95 Å². The first-order chi connectivity index (χ1) is 10.8. The second-order valence-electron chi connectivity index (χ2n) is 5.40. The van der Waals surface area contributed by atoms with Crippen molar-refractivity contribution in [2.45, 2.75) is 13.8 Å². The summed E-state index contributed by atoms with van der Waals surface area (Å²) in [5, 5.41) is 0. The highest BCUT2D eigenvalue weighted by atomic mass is 16.5. The van der Waals surface area contributed by atoms with E-state index in [4.69, 9.17) is 9.72 Å². The molecule has 0 spiro atoms. The maximum atomic E-state index is 5.41. The van der Waals surface area contributed by atoms with Crippen LogP contribution in [0, 0.1) is 6.92 Å². The molecule has 1 aromatic carbocycles. The molecule has 0 N–H and O–H groups in total. The van der Waals surface area contributed by atoms with E-state index in [9.17, 15) is 0 Å². The predicted molar refractivity (Wildman–Crippen MR) is 88.9 cm³/mol. The fourth-order valence-electron chi connectivity index (χ4n) is 2.67. The van der Waals surface area contributed by atoms with Gasteiger partial charge in [0.25, 0.3) is 0 Å². The van der Waals surface area contributed by atoms with Crippen LogP contribution < -0.4 is 9.80 Å². The number of hydrogen-bond donors (Lipinski definition) is 0. The fraction of sp³-hybridized carbons (Fsp3) is 0.412. The summed E-state index contributed by atoms with van der Waals surface area (Å²) < 4.78 is 5.41. The Kier molecular flexibility index (Phi) is 4.53. The average Bonchev–Trinajstić information content (AvgIpc) is 2.57. The minimum Gasteiger partial charge on any atom is -0.378 e. The van der Waals surface area contributed by atoms with Crippen LogP contribution in [-0.4, -0.2) is 42.8 Å². The molecule has 1 aliphatic rings. The van der Waals surface area contributed by atoms with Gasteiger partial charge in [0.1, 0.15) is 5.82 Å². The molecule has 0 aliphatic carbocycles.